The molecule has 0 radical (unpaired) electrons. The predicted molar refractivity (Wildman–Crippen MR) is 110 cm³/mol. The Bertz CT molecular complexity index is 356. The lowest BCUT2D eigenvalue weighted by Gasteiger charge is -2.39. The van der Waals surface area contributed by atoms with Crippen LogP contribution in [0.2, 0.25) is 83.7 Å². The molecule has 120 valence electrons. The average molecular weight is 346 g/mol. The molecule has 0 N–H and O–H groups in total. The van der Waals surface area contributed by atoms with Gasteiger partial charge in [0.2, 0.25) is 0 Å². The first kappa shape index (κ1) is 18.7. The zero-order valence-corrected chi connectivity index (χ0v) is 20.3. The fraction of sp³-hybridized carbons (Fsp3) is 0.875. The smallest absolute Gasteiger partial charge is 0.0677 e. The summed E-state index contributed by atoms with van der Waals surface area (Å²) >= 11 is 0. The topological polar surface area (TPSA) is 0 Å². The van der Waals surface area contributed by atoms with Gasteiger partial charge in [0.25, 0.3) is 0 Å². The van der Waals surface area contributed by atoms with E-state index in [0.29, 0.717) is 0 Å². The molecule has 0 spiro atoms. The summed E-state index contributed by atoms with van der Waals surface area (Å²) in [6, 6.07) is 0. The van der Waals surface area contributed by atoms with E-state index in [-0.39, 0.29) is 5.14 Å². The molecule has 0 nitrogen and oxygen atoms in total. The van der Waals surface area contributed by atoms with Crippen molar-refractivity contribution in [3.8, 4) is 0 Å². The SMILES string of the molecule is [2H]C(CC=C([Si](C)(C)C)[Si](C)(C)C)([Si](C)(C)C)[Si](C)(C)C. The van der Waals surface area contributed by atoms with Crippen LogP contribution in [0.1, 0.15) is 7.79 Å². The summed E-state index contributed by atoms with van der Waals surface area (Å²) in [5.74, 6) is 0. The van der Waals surface area contributed by atoms with E-state index >= 15 is 0 Å². The van der Waals surface area contributed by atoms with Crippen molar-refractivity contribution in [1.82, 2.24) is 0 Å². The van der Waals surface area contributed by atoms with Crippen LogP contribution in [0.15, 0.2) is 10.9 Å². The molecule has 0 rings (SSSR count). The Morgan fingerprint density at radius 1 is 0.750 bits per heavy atom. The Morgan fingerprint density at radius 2 is 1.05 bits per heavy atom. The quantitative estimate of drug-likeness (QED) is 0.473. The largest absolute Gasteiger partial charge is 0.0950 e. The summed E-state index contributed by atoms with van der Waals surface area (Å²) < 4.78 is 9.34. The summed E-state index contributed by atoms with van der Waals surface area (Å²) in [5, 5.41) is -0.162. The molecule has 0 aliphatic heterocycles. The zero-order chi connectivity index (χ0) is 17.5. The molecule has 0 aliphatic carbocycles. The van der Waals surface area contributed by atoms with Gasteiger partial charge >= 0.3 is 0 Å². The van der Waals surface area contributed by atoms with Crippen molar-refractivity contribution >= 4 is 32.3 Å². The second-order valence-corrected chi connectivity index (χ2v) is 31.6. The zero-order valence-electron chi connectivity index (χ0n) is 17.3. The lowest BCUT2D eigenvalue weighted by atomic mass is 10.5. The molecule has 0 aromatic heterocycles. The molecule has 0 fully saturated rings. The molecule has 0 bridgehead atoms. The summed E-state index contributed by atoms with van der Waals surface area (Å²) in [5.41, 5.74) is 0. The van der Waals surface area contributed by atoms with E-state index in [1.165, 1.54) is 0 Å². The molecule has 0 amide bonds. The van der Waals surface area contributed by atoms with Crippen molar-refractivity contribution in [3.05, 3.63) is 10.9 Å². The van der Waals surface area contributed by atoms with Gasteiger partial charge in [-0.25, -0.2) is 0 Å². The second kappa shape index (κ2) is 6.39. The van der Waals surface area contributed by atoms with Gasteiger partial charge in [-0.2, -0.15) is 0 Å². The summed E-state index contributed by atoms with van der Waals surface area (Å²) in [6.07, 6.45) is 3.56. The van der Waals surface area contributed by atoms with Crippen molar-refractivity contribution < 1.29 is 1.37 Å². The van der Waals surface area contributed by atoms with Crippen LogP contribution < -0.4 is 0 Å². The van der Waals surface area contributed by atoms with E-state index in [1.54, 1.807) is 4.82 Å². The maximum Gasteiger partial charge on any atom is 0.0677 e. The van der Waals surface area contributed by atoms with Crippen LogP contribution in [0.5, 0.6) is 0 Å². The maximum absolute atomic E-state index is 9.34. The predicted octanol–water partition coefficient (Wildman–Crippen LogP) is 6.64. The van der Waals surface area contributed by atoms with Crippen molar-refractivity contribution in [2.45, 2.75) is 90.1 Å². The van der Waals surface area contributed by atoms with Crippen LogP contribution in [0.4, 0.5) is 0 Å². The number of hydrogen-bond acceptors (Lipinski definition) is 0. The first-order valence-electron chi connectivity index (χ1n) is 8.55. The summed E-state index contributed by atoms with van der Waals surface area (Å²) in [7, 11) is -5.57. The van der Waals surface area contributed by atoms with Gasteiger partial charge in [0.05, 0.1) is 16.1 Å². The summed E-state index contributed by atoms with van der Waals surface area (Å²) in [4.78, 5) is 1.78. The molecular formula is C16H40Si4. The number of allylic oxidation sites excluding steroid dienone is 1. The minimum atomic E-state index is -1.52. The van der Waals surface area contributed by atoms with Crippen LogP contribution in [-0.2, 0) is 0 Å². The van der Waals surface area contributed by atoms with E-state index in [4.69, 9.17) is 0 Å². The molecule has 4 heteroatoms. The second-order valence-electron chi connectivity index (χ2n) is 10.3. The Balaban J connectivity index is 5.83. The van der Waals surface area contributed by atoms with Gasteiger partial charge in [0, 0.05) is 17.5 Å². The van der Waals surface area contributed by atoms with Crippen LogP contribution >= 0.6 is 0 Å². The van der Waals surface area contributed by atoms with Gasteiger partial charge in [-0.1, -0.05) is 89.5 Å². The van der Waals surface area contributed by atoms with Gasteiger partial charge in [-0.15, -0.1) is 0 Å². The van der Waals surface area contributed by atoms with Crippen molar-refractivity contribution in [2.75, 3.05) is 0 Å². The third-order valence-electron chi connectivity index (χ3n) is 3.94. The number of hydrogen-bond donors (Lipinski definition) is 0. The standard InChI is InChI=1S/C16H40Si4/c1-17(2,3)15(18(4,5)6)13-14-16(19(7,8)9)20(10,11)12/h13,16H,14H2,1-12H3/i16D. The van der Waals surface area contributed by atoms with E-state index in [1.807, 2.05) is 0 Å². The average Bonchev–Trinajstić information content (AvgIpc) is 2.08. The fourth-order valence-electron chi connectivity index (χ4n) is 3.68. The lowest BCUT2D eigenvalue weighted by Crippen LogP contribution is -2.44. The first-order valence-corrected chi connectivity index (χ1v) is 22.1. The van der Waals surface area contributed by atoms with Gasteiger partial charge in [-0.05, 0) is 11.6 Å². The molecular weight excluding hydrogens is 305 g/mol. The molecule has 0 unspecified atom stereocenters. The van der Waals surface area contributed by atoms with Gasteiger partial charge in [0.1, 0.15) is 0 Å². The van der Waals surface area contributed by atoms with Crippen LogP contribution in [0.25, 0.3) is 0 Å². The van der Waals surface area contributed by atoms with Crippen LogP contribution in [-0.4, -0.2) is 32.3 Å². The Labute approximate surface area is 134 Å². The molecule has 20 heavy (non-hydrogen) atoms. The lowest BCUT2D eigenvalue weighted by molar-refractivity contribution is 1.03. The summed E-state index contributed by atoms with van der Waals surface area (Å²) in [6.45, 7) is 29.3. The molecule has 0 aromatic carbocycles. The normalized spacial score (nSPS) is 15.9. The Kier molecular flexibility index (Phi) is 5.96. The Hall–Kier alpha value is 0.608. The Morgan fingerprint density at radius 3 is 1.25 bits per heavy atom. The highest BCUT2D eigenvalue weighted by Gasteiger charge is 2.37. The van der Waals surface area contributed by atoms with Crippen molar-refractivity contribution in [2.24, 2.45) is 0 Å². The molecule has 0 saturated heterocycles. The van der Waals surface area contributed by atoms with Crippen LogP contribution in [0.3, 0.4) is 0 Å². The third-order valence-corrected chi connectivity index (χ3v) is 20.6. The van der Waals surface area contributed by atoms with E-state index in [0.717, 1.165) is 6.42 Å². The fourth-order valence-corrected chi connectivity index (χ4v) is 24.5. The highest BCUT2D eigenvalue weighted by molar-refractivity contribution is 7.04. The minimum absolute atomic E-state index is 0.162. The minimum Gasteiger partial charge on any atom is -0.0950 e. The van der Waals surface area contributed by atoms with E-state index < -0.39 is 32.3 Å². The molecule has 0 saturated carbocycles. The van der Waals surface area contributed by atoms with E-state index in [2.05, 4.69) is 84.6 Å². The highest BCUT2D eigenvalue weighted by atomic mass is 28.4. The van der Waals surface area contributed by atoms with Gasteiger partial charge in [-0.3, -0.25) is 0 Å². The van der Waals surface area contributed by atoms with Crippen LogP contribution in [0, 0.1) is 0 Å². The van der Waals surface area contributed by atoms with Gasteiger partial charge < -0.3 is 0 Å². The maximum atomic E-state index is 9.34. The van der Waals surface area contributed by atoms with E-state index in [9.17, 15) is 1.37 Å². The first-order chi connectivity index (χ1) is 8.84. The highest BCUT2D eigenvalue weighted by Crippen LogP contribution is 2.37. The molecule has 0 aromatic rings. The number of rotatable bonds is 6. The monoisotopic (exact) mass is 345 g/mol. The molecule has 0 heterocycles. The van der Waals surface area contributed by atoms with Gasteiger partial charge in [0.15, 0.2) is 0 Å². The molecule has 0 atom stereocenters. The van der Waals surface area contributed by atoms with Crippen molar-refractivity contribution in [1.29, 1.82) is 0 Å². The molecule has 0 aliphatic rings. The van der Waals surface area contributed by atoms with Crippen molar-refractivity contribution in [3.63, 3.8) is 0 Å². The third kappa shape index (κ3) is 6.58.